The maximum Gasteiger partial charge on any atom is 0.286 e. The van der Waals surface area contributed by atoms with Gasteiger partial charge in [-0.15, -0.1) is 0 Å². The molecule has 0 atom stereocenters. The number of benzene rings is 1. The van der Waals surface area contributed by atoms with Gasteiger partial charge in [0.1, 0.15) is 5.58 Å². The van der Waals surface area contributed by atoms with Crippen LogP contribution in [0.15, 0.2) is 22.6 Å². The van der Waals surface area contributed by atoms with Gasteiger partial charge in [-0.25, -0.2) is 0 Å². The smallest absolute Gasteiger partial charge is 0.286 e. The van der Waals surface area contributed by atoms with Crippen LogP contribution in [0.25, 0.3) is 11.0 Å². The van der Waals surface area contributed by atoms with E-state index < -0.39 is 10.8 Å². The lowest BCUT2D eigenvalue weighted by Crippen LogP contribution is -2.11. The Balaban J connectivity index is 2.72. The predicted octanol–water partition coefficient (Wildman–Crippen LogP) is 1.02. The minimum Gasteiger partial charge on any atom is -0.448 e. The third-order valence-electron chi connectivity index (χ3n) is 2.15. The summed E-state index contributed by atoms with van der Waals surface area (Å²) in [5.74, 6) is -0.994. The lowest BCUT2D eigenvalue weighted by Gasteiger charge is -1.90. The number of fused-ring (bicyclic) bond motifs is 1. The fourth-order valence-electron chi connectivity index (χ4n) is 1.40. The van der Waals surface area contributed by atoms with E-state index in [9.17, 15) is 14.9 Å². The number of hydrogen-bond donors (Lipinski definition) is 2. The number of primary amides is 1. The highest BCUT2D eigenvalue weighted by Crippen LogP contribution is 2.30. The molecule has 0 aliphatic rings. The molecule has 82 valence electrons. The van der Waals surface area contributed by atoms with E-state index in [1.165, 1.54) is 18.2 Å². The second-order valence-electron chi connectivity index (χ2n) is 3.15. The molecule has 2 aromatic rings. The normalized spacial score (nSPS) is 10.5. The van der Waals surface area contributed by atoms with Crippen LogP contribution in [0, 0.1) is 10.1 Å². The number of amides is 1. The second kappa shape index (κ2) is 3.23. The van der Waals surface area contributed by atoms with Crippen LogP contribution in [-0.4, -0.2) is 10.8 Å². The lowest BCUT2D eigenvalue weighted by atomic mass is 10.2. The standard InChI is InChI=1S/C9H7N3O4/c10-7-5-2-1-4(12(14)15)3-6(5)16-8(7)9(11)13/h1-3H,10H2,(H2,11,13). The van der Waals surface area contributed by atoms with Gasteiger partial charge in [0.15, 0.2) is 0 Å². The Morgan fingerprint density at radius 2 is 2.12 bits per heavy atom. The van der Waals surface area contributed by atoms with E-state index in [0.717, 1.165) is 0 Å². The van der Waals surface area contributed by atoms with Gasteiger partial charge in [-0.1, -0.05) is 0 Å². The fraction of sp³-hybridized carbons (Fsp3) is 0. The number of anilines is 1. The number of rotatable bonds is 2. The number of nitrogens with two attached hydrogens (primary N) is 2. The molecule has 7 heteroatoms. The maximum absolute atomic E-state index is 10.9. The van der Waals surface area contributed by atoms with E-state index in [0.29, 0.717) is 5.39 Å². The summed E-state index contributed by atoms with van der Waals surface area (Å²) in [6.45, 7) is 0. The zero-order valence-corrected chi connectivity index (χ0v) is 7.97. The Hall–Kier alpha value is -2.57. The van der Waals surface area contributed by atoms with Gasteiger partial charge in [-0.05, 0) is 6.07 Å². The van der Waals surface area contributed by atoms with Gasteiger partial charge < -0.3 is 15.9 Å². The zero-order valence-electron chi connectivity index (χ0n) is 7.97. The number of nitro benzene ring substituents is 1. The molecule has 1 amide bonds. The van der Waals surface area contributed by atoms with E-state index in [-0.39, 0.29) is 22.7 Å². The van der Waals surface area contributed by atoms with Crippen LogP contribution < -0.4 is 11.5 Å². The quantitative estimate of drug-likeness (QED) is 0.578. The third-order valence-corrected chi connectivity index (χ3v) is 2.15. The molecule has 0 radical (unpaired) electrons. The summed E-state index contributed by atoms with van der Waals surface area (Å²) in [6.07, 6.45) is 0. The average Bonchev–Trinajstić information content (AvgIpc) is 2.55. The number of carbonyl (C=O) groups is 1. The molecule has 2 rings (SSSR count). The molecule has 0 saturated carbocycles. The number of nitro groups is 1. The molecule has 0 aliphatic heterocycles. The summed E-state index contributed by atoms with van der Waals surface area (Å²) in [6, 6.07) is 3.88. The first kappa shape index (κ1) is 9.97. The number of non-ortho nitro benzene ring substituents is 1. The highest BCUT2D eigenvalue weighted by molar-refractivity contribution is 6.05. The van der Waals surface area contributed by atoms with Crippen LogP contribution in [0.2, 0.25) is 0 Å². The van der Waals surface area contributed by atoms with E-state index in [4.69, 9.17) is 15.9 Å². The molecular formula is C9H7N3O4. The highest BCUT2D eigenvalue weighted by atomic mass is 16.6. The summed E-state index contributed by atoms with van der Waals surface area (Å²) in [4.78, 5) is 20.9. The number of carbonyl (C=O) groups excluding carboxylic acids is 1. The minimum atomic E-state index is -0.809. The minimum absolute atomic E-state index is 0.0948. The van der Waals surface area contributed by atoms with Gasteiger partial charge in [-0.2, -0.15) is 0 Å². The third kappa shape index (κ3) is 1.34. The monoisotopic (exact) mass is 221 g/mol. The van der Waals surface area contributed by atoms with E-state index >= 15 is 0 Å². The fourth-order valence-corrected chi connectivity index (χ4v) is 1.40. The van der Waals surface area contributed by atoms with E-state index in [1.807, 2.05) is 0 Å². The second-order valence-corrected chi connectivity index (χ2v) is 3.15. The summed E-state index contributed by atoms with van der Waals surface area (Å²) in [5.41, 5.74) is 10.8. The summed E-state index contributed by atoms with van der Waals surface area (Å²) in [7, 11) is 0. The van der Waals surface area contributed by atoms with Crippen LogP contribution in [0.5, 0.6) is 0 Å². The van der Waals surface area contributed by atoms with Crippen LogP contribution >= 0.6 is 0 Å². The van der Waals surface area contributed by atoms with E-state index in [1.54, 1.807) is 0 Å². The number of hydrogen-bond acceptors (Lipinski definition) is 5. The zero-order chi connectivity index (χ0) is 11.9. The molecule has 1 heterocycles. The van der Waals surface area contributed by atoms with Crippen molar-refractivity contribution in [2.24, 2.45) is 5.73 Å². The lowest BCUT2D eigenvalue weighted by molar-refractivity contribution is -0.384. The maximum atomic E-state index is 10.9. The van der Waals surface area contributed by atoms with Gasteiger partial charge in [0.25, 0.3) is 11.6 Å². The molecule has 0 spiro atoms. The van der Waals surface area contributed by atoms with Crippen LogP contribution in [0.3, 0.4) is 0 Å². The van der Waals surface area contributed by atoms with Gasteiger partial charge in [0.05, 0.1) is 16.7 Å². The van der Waals surface area contributed by atoms with Crippen molar-refractivity contribution >= 4 is 28.3 Å². The topological polar surface area (TPSA) is 125 Å². The van der Waals surface area contributed by atoms with Crippen molar-refractivity contribution in [2.75, 3.05) is 5.73 Å². The van der Waals surface area contributed by atoms with Gasteiger partial charge in [-0.3, -0.25) is 14.9 Å². The summed E-state index contributed by atoms with van der Waals surface area (Å²) in [5, 5.41) is 10.9. The van der Waals surface area contributed by atoms with Gasteiger partial charge in [0.2, 0.25) is 5.76 Å². The molecule has 1 aromatic carbocycles. The average molecular weight is 221 g/mol. The molecule has 0 saturated heterocycles. The molecule has 0 aliphatic carbocycles. The summed E-state index contributed by atoms with van der Waals surface area (Å²) >= 11 is 0. The largest absolute Gasteiger partial charge is 0.448 e. The van der Waals surface area contributed by atoms with Crippen molar-refractivity contribution in [3.05, 3.63) is 34.1 Å². The molecule has 7 nitrogen and oxygen atoms in total. The van der Waals surface area contributed by atoms with Crippen molar-refractivity contribution in [1.29, 1.82) is 0 Å². The molecule has 0 fully saturated rings. The highest BCUT2D eigenvalue weighted by Gasteiger charge is 2.18. The van der Waals surface area contributed by atoms with E-state index in [2.05, 4.69) is 0 Å². The van der Waals surface area contributed by atoms with Crippen molar-refractivity contribution in [1.82, 2.24) is 0 Å². The Bertz CT molecular complexity index is 602. The number of furan rings is 1. The Labute approximate surface area is 88.8 Å². The number of nitrogens with zero attached hydrogens (tertiary/aromatic N) is 1. The van der Waals surface area contributed by atoms with Crippen molar-refractivity contribution in [2.45, 2.75) is 0 Å². The SMILES string of the molecule is NC(=O)c1oc2cc([N+](=O)[O-])ccc2c1N. The van der Waals surface area contributed by atoms with Crippen LogP contribution in [-0.2, 0) is 0 Å². The molecule has 4 N–H and O–H groups in total. The van der Waals surface area contributed by atoms with Crippen LogP contribution in [0.4, 0.5) is 11.4 Å². The van der Waals surface area contributed by atoms with Crippen molar-refractivity contribution < 1.29 is 14.1 Å². The molecule has 1 aromatic heterocycles. The van der Waals surface area contributed by atoms with Crippen molar-refractivity contribution in [3.63, 3.8) is 0 Å². The Morgan fingerprint density at radius 1 is 1.44 bits per heavy atom. The number of nitrogen functional groups attached to an aromatic ring is 1. The molecular weight excluding hydrogens is 214 g/mol. The van der Waals surface area contributed by atoms with Gasteiger partial charge >= 0.3 is 0 Å². The van der Waals surface area contributed by atoms with Crippen LogP contribution in [0.1, 0.15) is 10.6 Å². The molecule has 0 unspecified atom stereocenters. The first-order valence-electron chi connectivity index (χ1n) is 4.27. The predicted molar refractivity (Wildman–Crippen MR) is 55.8 cm³/mol. The first-order chi connectivity index (χ1) is 7.50. The Morgan fingerprint density at radius 3 is 2.69 bits per heavy atom. The van der Waals surface area contributed by atoms with Gasteiger partial charge in [0, 0.05) is 11.5 Å². The Kier molecular flexibility index (Phi) is 2.01. The summed E-state index contributed by atoms with van der Waals surface area (Å²) < 4.78 is 5.05. The van der Waals surface area contributed by atoms with Crippen molar-refractivity contribution in [3.8, 4) is 0 Å². The first-order valence-corrected chi connectivity index (χ1v) is 4.27. The molecule has 0 bridgehead atoms. The molecule has 16 heavy (non-hydrogen) atoms.